The zero-order valence-corrected chi connectivity index (χ0v) is 18.4. The minimum absolute atomic E-state index is 0.151. The molecule has 0 bridgehead atoms. The molecule has 1 saturated carbocycles. The smallest absolute Gasteiger partial charge is 0.262 e. The van der Waals surface area contributed by atoms with Gasteiger partial charge in [0.1, 0.15) is 17.0 Å². The topological polar surface area (TPSA) is 85.7 Å². The molecular weight excluding hydrogens is 447 g/mol. The fraction of sp³-hybridized carbons (Fsp3) is 0.333. The number of hydrogen-bond acceptors (Lipinski definition) is 5. The largest absolute Gasteiger partial charge is 0.481 e. The van der Waals surface area contributed by atoms with Crippen molar-refractivity contribution in [3.63, 3.8) is 0 Å². The summed E-state index contributed by atoms with van der Waals surface area (Å²) in [6.45, 7) is 0. The first-order chi connectivity index (χ1) is 16.3. The van der Waals surface area contributed by atoms with Gasteiger partial charge in [-0.25, -0.2) is 27.8 Å². The summed E-state index contributed by atoms with van der Waals surface area (Å²) in [5.74, 6) is -2.30. The zero-order valence-electron chi connectivity index (χ0n) is 18.4. The quantitative estimate of drug-likeness (QED) is 0.459. The molecule has 34 heavy (non-hydrogen) atoms. The second-order valence-electron chi connectivity index (χ2n) is 8.49. The van der Waals surface area contributed by atoms with Gasteiger partial charge in [0.25, 0.3) is 5.56 Å². The highest BCUT2D eigenvalue weighted by Gasteiger charge is 2.36. The first-order valence-corrected chi connectivity index (χ1v) is 11.0. The van der Waals surface area contributed by atoms with Crippen molar-refractivity contribution in [3.8, 4) is 17.0 Å². The molecule has 0 radical (unpaired) electrons. The average molecular weight is 469 g/mol. The van der Waals surface area contributed by atoms with Crippen LogP contribution in [0.3, 0.4) is 0 Å². The van der Waals surface area contributed by atoms with Gasteiger partial charge in [0.2, 0.25) is 11.8 Å². The number of benzene rings is 1. The Kier molecular flexibility index (Phi) is 5.59. The molecule has 1 N–H and O–H groups in total. The number of fused-ring (bicyclic) bond motifs is 1. The van der Waals surface area contributed by atoms with E-state index >= 15 is 0 Å². The number of pyridine rings is 1. The maximum absolute atomic E-state index is 14.1. The lowest BCUT2D eigenvalue weighted by Gasteiger charge is -2.28. The lowest BCUT2D eigenvalue weighted by atomic mass is 9.92. The van der Waals surface area contributed by atoms with Crippen LogP contribution in [0.2, 0.25) is 0 Å². The Balaban J connectivity index is 1.51. The van der Waals surface area contributed by atoms with Crippen LogP contribution in [0.15, 0.2) is 47.5 Å². The summed E-state index contributed by atoms with van der Waals surface area (Å²) in [6.07, 6.45) is 3.25. The molecule has 1 aromatic carbocycles. The number of methoxy groups -OCH3 is 1. The first kappa shape index (κ1) is 22.1. The zero-order chi connectivity index (χ0) is 23.9. The average Bonchev–Trinajstić information content (AvgIpc) is 3.24. The van der Waals surface area contributed by atoms with Crippen molar-refractivity contribution < 1.29 is 17.9 Å². The van der Waals surface area contributed by atoms with Crippen LogP contribution < -0.4 is 10.3 Å². The van der Waals surface area contributed by atoms with Crippen LogP contribution in [0.5, 0.6) is 5.88 Å². The molecule has 10 heteroatoms. The Labute approximate surface area is 192 Å². The fourth-order valence-electron chi connectivity index (χ4n) is 4.43. The summed E-state index contributed by atoms with van der Waals surface area (Å²) in [5, 5.41) is 4.57. The minimum atomic E-state index is -2.67. The van der Waals surface area contributed by atoms with Crippen LogP contribution in [0.25, 0.3) is 22.2 Å². The second kappa shape index (κ2) is 8.58. The second-order valence-corrected chi connectivity index (χ2v) is 8.49. The van der Waals surface area contributed by atoms with Crippen molar-refractivity contribution in [2.45, 2.75) is 44.1 Å². The molecule has 176 valence electrons. The van der Waals surface area contributed by atoms with Crippen LogP contribution in [0.4, 0.5) is 13.2 Å². The van der Waals surface area contributed by atoms with Gasteiger partial charge in [-0.3, -0.25) is 4.79 Å². The summed E-state index contributed by atoms with van der Waals surface area (Å²) in [7, 11) is 1.52. The predicted molar refractivity (Wildman–Crippen MR) is 120 cm³/mol. The number of alkyl halides is 2. The van der Waals surface area contributed by atoms with E-state index in [9.17, 15) is 18.0 Å². The third kappa shape index (κ3) is 4.27. The fourth-order valence-corrected chi connectivity index (χ4v) is 4.43. The summed E-state index contributed by atoms with van der Waals surface area (Å²) < 4.78 is 48.0. The Morgan fingerprint density at radius 2 is 1.97 bits per heavy atom. The number of nitrogens with one attached hydrogen (secondary N) is 1. The SMILES string of the molecule is COc1ccc(-c2ccc(F)cc2Cc2nc3c(cnn3C3CCC(F)(F)CC3)c(=O)[nH]2)cn1. The molecule has 0 spiro atoms. The third-order valence-corrected chi connectivity index (χ3v) is 6.23. The van der Waals surface area contributed by atoms with Crippen LogP contribution in [0, 0.1) is 5.82 Å². The Bertz CT molecular complexity index is 1390. The van der Waals surface area contributed by atoms with Crippen molar-refractivity contribution in [1.82, 2.24) is 24.7 Å². The van der Waals surface area contributed by atoms with Gasteiger partial charge in [-0.2, -0.15) is 5.10 Å². The number of aromatic amines is 1. The van der Waals surface area contributed by atoms with Gasteiger partial charge >= 0.3 is 0 Å². The van der Waals surface area contributed by atoms with E-state index in [4.69, 9.17) is 4.74 Å². The number of nitrogens with zero attached hydrogens (tertiary/aromatic N) is 4. The molecule has 0 unspecified atom stereocenters. The van der Waals surface area contributed by atoms with Crippen LogP contribution in [-0.4, -0.2) is 37.8 Å². The van der Waals surface area contributed by atoms with Gasteiger partial charge in [0.05, 0.1) is 19.3 Å². The number of halogens is 3. The normalized spacial score (nSPS) is 16.1. The van der Waals surface area contributed by atoms with Crippen molar-refractivity contribution in [2.75, 3.05) is 7.11 Å². The molecular formula is C24H22F3N5O2. The lowest BCUT2D eigenvalue weighted by Crippen LogP contribution is -2.27. The van der Waals surface area contributed by atoms with E-state index < -0.39 is 11.7 Å². The van der Waals surface area contributed by atoms with Gasteiger partial charge in [0.15, 0.2) is 5.65 Å². The molecule has 3 aromatic heterocycles. The highest BCUT2D eigenvalue weighted by Crippen LogP contribution is 2.38. The number of aromatic nitrogens is 5. The molecule has 0 atom stereocenters. The van der Waals surface area contributed by atoms with E-state index in [1.807, 2.05) is 6.07 Å². The maximum atomic E-state index is 14.1. The molecule has 0 aliphatic heterocycles. The first-order valence-electron chi connectivity index (χ1n) is 11.0. The van der Waals surface area contributed by atoms with Gasteiger partial charge < -0.3 is 9.72 Å². The monoisotopic (exact) mass is 469 g/mol. The van der Waals surface area contributed by atoms with E-state index in [0.717, 1.165) is 11.1 Å². The van der Waals surface area contributed by atoms with Gasteiger partial charge in [-0.05, 0) is 42.2 Å². The number of hydrogen-bond donors (Lipinski definition) is 1. The standard InChI is InChI=1S/C24H22F3N5O2/c1-34-21-5-2-14(12-28-21)18-4-3-16(25)10-15(18)11-20-30-22-19(23(33)31-20)13-29-32(22)17-6-8-24(26,27)9-7-17/h2-5,10,12-13,17H,6-9,11H2,1H3,(H,30,31,33). The highest BCUT2D eigenvalue weighted by atomic mass is 19.3. The molecule has 0 amide bonds. The lowest BCUT2D eigenvalue weighted by molar-refractivity contribution is -0.0446. The summed E-state index contributed by atoms with van der Waals surface area (Å²) in [5.41, 5.74) is 2.07. The number of ether oxygens (including phenoxy) is 1. The Hall–Kier alpha value is -3.69. The molecule has 1 fully saturated rings. The number of H-pyrrole nitrogens is 1. The van der Waals surface area contributed by atoms with Crippen molar-refractivity contribution in [2.24, 2.45) is 0 Å². The molecule has 3 heterocycles. The molecule has 0 saturated heterocycles. The van der Waals surface area contributed by atoms with Gasteiger partial charge in [-0.1, -0.05) is 6.07 Å². The van der Waals surface area contributed by atoms with Crippen molar-refractivity contribution >= 4 is 11.0 Å². The predicted octanol–water partition coefficient (Wildman–Crippen LogP) is 4.67. The summed E-state index contributed by atoms with van der Waals surface area (Å²) >= 11 is 0. The minimum Gasteiger partial charge on any atom is -0.481 e. The Morgan fingerprint density at radius 3 is 2.68 bits per heavy atom. The number of rotatable bonds is 5. The van der Waals surface area contributed by atoms with Crippen LogP contribution in [-0.2, 0) is 6.42 Å². The van der Waals surface area contributed by atoms with Crippen LogP contribution >= 0.6 is 0 Å². The van der Waals surface area contributed by atoms with E-state index in [2.05, 4.69) is 20.1 Å². The van der Waals surface area contributed by atoms with E-state index in [0.29, 0.717) is 28.3 Å². The summed E-state index contributed by atoms with van der Waals surface area (Å²) in [6, 6.07) is 7.67. The van der Waals surface area contributed by atoms with E-state index in [1.165, 1.54) is 25.4 Å². The van der Waals surface area contributed by atoms with Gasteiger partial charge in [0, 0.05) is 37.1 Å². The Morgan fingerprint density at radius 1 is 1.18 bits per heavy atom. The molecule has 5 rings (SSSR count). The van der Waals surface area contributed by atoms with Crippen molar-refractivity contribution in [1.29, 1.82) is 0 Å². The molecule has 1 aliphatic rings. The molecule has 7 nitrogen and oxygen atoms in total. The summed E-state index contributed by atoms with van der Waals surface area (Å²) in [4.78, 5) is 24.3. The molecule has 1 aliphatic carbocycles. The highest BCUT2D eigenvalue weighted by molar-refractivity contribution is 5.73. The van der Waals surface area contributed by atoms with Crippen LogP contribution in [0.1, 0.15) is 43.1 Å². The maximum Gasteiger partial charge on any atom is 0.262 e. The molecule has 4 aromatic rings. The third-order valence-electron chi connectivity index (χ3n) is 6.23. The van der Waals surface area contributed by atoms with Gasteiger partial charge in [-0.15, -0.1) is 0 Å². The van der Waals surface area contributed by atoms with Crippen molar-refractivity contribution in [3.05, 3.63) is 70.3 Å². The van der Waals surface area contributed by atoms with E-state index in [-0.39, 0.29) is 43.7 Å². The van der Waals surface area contributed by atoms with E-state index in [1.54, 1.807) is 23.0 Å².